The van der Waals surface area contributed by atoms with Crippen LogP contribution in [0.4, 0.5) is 0 Å². The van der Waals surface area contributed by atoms with Gasteiger partial charge >= 0.3 is 0 Å². The zero-order chi connectivity index (χ0) is 23.3. The van der Waals surface area contributed by atoms with Crippen molar-refractivity contribution < 1.29 is 0 Å². The third-order valence-electron chi connectivity index (χ3n) is 5.96. The third kappa shape index (κ3) is 3.97. The van der Waals surface area contributed by atoms with Gasteiger partial charge in [-0.2, -0.15) is 0 Å². The Balaban J connectivity index is 1.73. The minimum absolute atomic E-state index is 0.106. The molecule has 0 aliphatic heterocycles. The number of hydrogen-bond acceptors (Lipinski definition) is 3. The zero-order valence-corrected chi connectivity index (χ0v) is 20.9. The van der Waals surface area contributed by atoms with E-state index in [9.17, 15) is 4.79 Å². The van der Waals surface area contributed by atoms with Crippen molar-refractivity contribution in [2.45, 2.75) is 32.6 Å². The molecule has 0 radical (unpaired) electrons. The number of hydrogen-bond donors (Lipinski definition) is 0. The van der Waals surface area contributed by atoms with Gasteiger partial charge in [-0.1, -0.05) is 79.5 Å². The fourth-order valence-electron chi connectivity index (χ4n) is 4.46. The molecular weight excluding hydrogens is 471 g/mol. The minimum atomic E-state index is -0.125. The second kappa shape index (κ2) is 8.28. The molecular formula is C27H22Cl2N2OS. The number of aryl methyl sites for hydroxylation is 1. The molecule has 0 atom stereocenters. The Morgan fingerprint density at radius 2 is 1.85 bits per heavy atom. The number of fused-ring (bicyclic) bond motifs is 3. The molecule has 166 valence electrons. The number of allylic oxidation sites excluding steroid dienone is 2. The zero-order valence-electron chi connectivity index (χ0n) is 18.5. The highest BCUT2D eigenvalue weighted by Crippen LogP contribution is 2.45. The van der Waals surface area contributed by atoms with Gasteiger partial charge in [0.05, 0.1) is 16.1 Å². The van der Waals surface area contributed by atoms with Crippen LogP contribution in [0.5, 0.6) is 0 Å². The minimum Gasteiger partial charge on any atom is -0.268 e. The smallest absolute Gasteiger partial charge is 0.267 e. The number of aromatic nitrogens is 2. The van der Waals surface area contributed by atoms with Crippen LogP contribution in [0, 0.1) is 6.92 Å². The van der Waals surface area contributed by atoms with Crippen molar-refractivity contribution in [1.82, 2.24) is 9.55 Å². The Labute approximate surface area is 206 Å². The van der Waals surface area contributed by atoms with E-state index in [4.69, 9.17) is 28.2 Å². The Hall–Kier alpha value is -2.66. The van der Waals surface area contributed by atoms with Gasteiger partial charge in [-0.15, -0.1) is 11.3 Å². The first-order valence-electron chi connectivity index (χ1n) is 10.7. The Kier molecular flexibility index (Phi) is 5.56. The monoisotopic (exact) mass is 492 g/mol. The molecule has 5 rings (SSSR count). The molecule has 1 aliphatic carbocycles. The van der Waals surface area contributed by atoms with Crippen LogP contribution in [-0.4, -0.2) is 9.55 Å². The summed E-state index contributed by atoms with van der Waals surface area (Å²) < 4.78 is 1.57. The Morgan fingerprint density at radius 1 is 1.09 bits per heavy atom. The van der Waals surface area contributed by atoms with E-state index in [1.807, 2.05) is 25.1 Å². The van der Waals surface area contributed by atoms with Crippen LogP contribution in [0.1, 0.15) is 42.1 Å². The summed E-state index contributed by atoms with van der Waals surface area (Å²) in [5, 5.41) is 1.61. The van der Waals surface area contributed by atoms with Crippen molar-refractivity contribution in [3.63, 3.8) is 0 Å². The van der Waals surface area contributed by atoms with Gasteiger partial charge in [0.15, 0.2) is 0 Å². The molecule has 0 unspecified atom stereocenters. The molecule has 1 aliphatic rings. The normalized spacial score (nSPS) is 15.1. The summed E-state index contributed by atoms with van der Waals surface area (Å²) in [6.45, 7) is 6.28. The second-order valence-corrected chi connectivity index (χ2v) is 10.8. The van der Waals surface area contributed by atoms with Crippen LogP contribution < -0.4 is 5.56 Å². The van der Waals surface area contributed by atoms with E-state index >= 15 is 0 Å². The van der Waals surface area contributed by atoms with E-state index in [0.29, 0.717) is 26.9 Å². The lowest BCUT2D eigenvalue weighted by molar-refractivity contribution is 0.531. The molecule has 33 heavy (non-hydrogen) atoms. The highest BCUT2D eigenvalue weighted by atomic mass is 35.5. The van der Waals surface area contributed by atoms with Crippen molar-refractivity contribution in [3.8, 4) is 5.69 Å². The SMILES string of the molecule is Cc1nc2sc3c(c2c(=O)n1-c1cc(Cl)ccc1Cl)C=C(/C=C/c1ccccc1)CC3(C)C. The first-order valence-corrected chi connectivity index (χ1v) is 12.3. The van der Waals surface area contributed by atoms with E-state index in [1.54, 1.807) is 34.1 Å². The predicted octanol–water partition coefficient (Wildman–Crippen LogP) is 7.84. The van der Waals surface area contributed by atoms with Crippen molar-refractivity contribution in [2.75, 3.05) is 0 Å². The van der Waals surface area contributed by atoms with Gasteiger partial charge in [-0.05, 0) is 48.8 Å². The third-order valence-corrected chi connectivity index (χ3v) is 7.98. The average Bonchev–Trinajstić information content (AvgIpc) is 3.14. The fourth-order valence-corrected chi connectivity index (χ4v) is 6.11. The summed E-state index contributed by atoms with van der Waals surface area (Å²) in [7, 11) is 0. The first-order chi connectivity index (χ1) is 15.7. The van der Waals surface area contributed by atoms with Gasteiger partial charge in [-0.3, -0.25) is 9.36 Å². The van der Waals surface area contributed by atoms with E-state index < -0.39 is 0 Å². The maximum atomic E-state index is 13.8. The molecule has 0 bridgehead atoms. The molecule has 0 saturated heterocycles. The first kappa shape index (κ1) is 22.1. The van der Waals surface area contributed by atoms with Crippen LogP contribution in [-0.2, 0) is 5.41 Å². The molecule has 0 spiro atoms. The van der Waals surface area contributed by atoms with Crippen molar-refractivity contribution in [2.24, 2.45) is 0 Å². The molecule has 0 saturated carbocycles. The number of halogens is 2. The summed E-state index contributed by atoms with van der Waals surface area (Å²) in [5.74, 6) is 0.584. The summed E-state index contributed by atoms with van der Waals surface area (Å²) in [6.07, 6.45) is 7.30. The average molecular weight is 493 g/mol. The lowest BCUT2D eigenvalue weighted by atomic mass is 9.77. The van der Waals surface area contributed by atoms with Gasteiger partial charge in [-0.25, -0.2) is 4.98 Å². The quantitative estimate of drug-likeness (QED) is 0.291. The largest absolute Gasteiger partial charge is 0.268 e. The maximum absolute atomic E-state index is 13.8. The van der Waals surface area contributed by atoms with E-state index in [2.05, 4.69) is 44.2 Å². The standard InChI is InChI=1S/C27H22Cl2N2OS/c1-16-30-25-23(26(32)31(16)22-14-19(28)11-12-21(22)29)20-13-18(15-27(2,3)24(20)33-25)10-9-17-7-5-4-6-8-17/h4-14H,15H2,1-3H3/b10-9+. The topological polar surface area (TPSA) is 34.9 Å². The lowest BCUT2D eigenvalue weighted by Gasteiger charge is -2.29. The number of benzene rings is 2. The summed E-state index contributed by atoms with van der Waals surface area (Å²) in [6, 6.07) is 15.3. The molecule has 2 aromatic carbocycles. The van der Waals surface area contributed by atoms with Gasteiger partial charge in [0.25, 0.3) is 5.56 Å². The number of rotatable bonds is 3. The summed E-state index contributed by atoms with van der Waals surface area (Å²) >= 11 is 14.3. The molecule has 6 heteroatoms. The van der Waals surface area contributed by atoms with E-state index in [-0.39, 0.29) is 11.0 Å². The molecule has 2 aromatic heterocycles. The molecule has 2 heterocycles. The Bertz CT molecular complexity index is 1510. The summed E-state index contributed by atoms with van der Waals surface area (Å²) in [4.78, 5) is 20.6. The van der Waals surface area contributed by atoms with Gasteiger partial charge in [0.1, 0.15) is 10.7 Å². The molecule has 0 N–H and O–H groups in total. The van der Waals surface area contributed by atoms with Gasteiger partial charge in [0.2, 0.25) is 0 Å². The molecule has 4 aromatic rings. The van der Waals surface area contributed by atoms with Crippen LogP contribution in [0.3, 0.4) is 0 Å². The van der Waals surface area contributed by atoms with E-state index in [0.717, 1.165) is 22.4 Å². The Morgan fingerprint density at radius 3 is 2.61 bits per heavy atom. The van der Waals surface area contributed by atoms with Crippen molar-refractivity contribution in [1.29, 1.82) is 0 Å². The van der Waals surface area contributed by atoms with E-state index in [1.165, 1.54) is 10.5 Å². The second-order valence-electron chi connectivity index (χ2n) is 8.94. The fraction of sp³-hybridized carbons (Fsp3) is 0.185. The van der Waals surface area contributed by atoms with Crippen LogP contribution >= 0.6 is 34.5 Å². The highest BCUT2D eigenvalue weighted by Gasteiger charge is 2.33. The molecule has 3 nitrogen and oxygen atoms in total. The maximum Gasteiger partial charge on any atom is 0.267 e. The predicted molar refractivity (Wildman–Crippen MR) is 141 cm³/mol. The lowest BCUT2D eigenvalue weighted by Crippen LogP contribution is -2.24. The highest BCUT2D eigenvalue weighted by molar-refractivity contribution is 7.19. The van der Waals surface area contributed by atoms with Crippen LogP contribution in [0.15, 0.2) is 65.0 Å². The number of nitrogens with zero attached hydrogens (tertiary/aromatic N) is 2. The van der Waals surface area contributed by atoms with Crippen molar-refractivity contribution in [3.05, 3.63) is 102 Å². The number of thiophene rings is 1. The van der Waals surface area contributed by atoms with Crippen molar-refractivity contribution >= 4 is 56.9 Å². The van der Waals surface area contributed by atoms with Gasteiger partial charge < -0.3 is 0 Å². The summed E-state index contributed by atoms with van der Waals surface area (Å²) in [5.41, 5.74) is 3.60. The molecule has 0 fully saturated rings. The molecule has 0 amide bonds. The van der Waals surface area contributed by atoms with Crippen LogP contribution in [0.2, 0.25) is 10.0 Å². The van der Waals surface area contributed by atoms with Gasteiger partial charge in [0, 0.05) is 20.9 Å². The van der Waals surface area contributed by atoms with Crippen LogP contribution in [0.25, 0.3) is 28.1 Å².